The fourth-order valence-electron chi connectivity index (χ4n) is 4.44. The molecule has 6 heteroatoms. The molecule has 36 heavy (non-hydrogen) atoms. The summed E-state index contributed by atoms with van der Waals surface area (Å²) in [5.41, 5.74) is 4.88. The van der Waals surface area contributed by atoms with Crippen LogP contribution in [0.25, 0.3) is 21.8 Å². The van der Waals surface area contributed by atoms with Crippen LogP contribution in [0.15, 0.2) is 102 Å². The van der Waals surface area contributed by atoms with Crippen molar-refractivity contribution < 1.29 is 9.59 Å². The summed E-state index contributed by atoms with van der Waals surface area (Å²) in [6.45, 7) is 3.03. The number of para-hydroxylation sites is 1. The number of carbonyl (C=O) groups is 2. The van der Waals surface area contributed by atoms with Crippen molar-refractivity contribution in [3.8, 4) is 0 Å². The molecule has 0 bridgehead atoms. The van der Waals surface area contributed by atoms with Crippen molar-refractivity contribution in [2.24, 2.45) is 0 Å². The van der Waals surface area contributed by atoms with Crippen LogP contribution in [-0.2, 0) is 22.6 Å². The van der Waals surface area contributed by atoms with Crippen molar-refractivity contribution in [3.05, 3.63) is 103 Å². The predicted octanol–water partition coefficient (Wildman–Crippen LogP) is 6.73. The summed E-state index contributed by atoms with van der Waals surface area (Å²) in [6, 6.07) is 31.7. The van der Waals surface area contributed by atoms with Gasteiger partial charge in [0.15, 0.2) is 0 Å². The van der Waals surface area contributed by atoms with Crippen molar-refractivity contribution in [1.82, 2.24) is 4.57 Å². The molecule has 5 aromatic rings. The molecule has 2 N–H and O–H groups in total. The van der Waals surface area contributed by atoms with E-state index < -0.39 is 0 Å². The number of thioether (sulfide) groups is 1. The summed E-state index contributed by atoms with van der Waals surface area (Å²) in [7, 11) is 0. The van der Waals surface area contributed by atoms with Gasteiger partial charge in [-0.1, -0.05) is 48.5 Å². The molecule has 0 atom stereocenters. The van der Waals surface area contributed by atoms with Gasteiger partial charge in [0, 0.05) is 44.6 Å². The van der Waals surface area contributed by atoms with E-state index in [0.717, 1.165) is 33.8 Å². The van der Waals surface area contributed by atoms with Gasteiger partial charge in [0.2, 0.25) is 11.8 Å². The molecular weight excluding hydrogens is 466 g/mol. The molecule has 0 saturated carbocycles. The number of amides is 2. The van der Waals surface area contributed by atoms with Crippen LogP contribution >= 0.6 is 11.8 Å². The van der Waals surface area contributed by atoms with Gasteiger partial charge in [0.25, 0.3) is 0 Å². The van der Waals surface area contributed by atoms with Crippen LogP contribution < -0.4 is 10.6 Å². The largest absolute Gasteiger partial charge is 0.341 e. The minimum Gasteiger partial charge on any atom is -0.341 e. The predicted molar refractivity (Wildman–Crippen MR) is 150 cm³/mol. The number of rotatable bonds is 8. The number of nitrogens with zero attached hydrogens (tertiary/aromatic N) is 1. The van der Waals surface area contributed by atoms with Crippen LogP contribution in [0.1, 0.15) is 12.5 Å². The van der Waals surface area contributed by atoms with Gasteiger partial charge in [0.1, 0.15) is 0 Å². The summed E-state index contributed by atoms with van der Waals surface area (Å²) in [6.07, 6.45) is 0.336. The van der Waals surface area contributed by atoms with Crippen LogP contribution in [0.2, 0.25) is 0 Å². The van der Waals surface area contributed by atoms with E-state index in [9.17, 15) is 9.59 Å². The molecule has 0 aliphatic carbocycles. The number of hydrogen-bond donors (Lipinski definition) is 2. The Morgan fingerprint density at radius 2 is 1.39 bits per heavy atom. The average molecular weight is 494 g/mol. The van der Waals surface area contributed by atoms with Gasteiger partial charge in [-0.3, -0.25) is 9.59 Å². The van der Waals surface area contributed by atoms with Crippen LogP contribution in [0.3, 0.4) is 0 Å². The first-order valence-electron chi connectivity index (χ1n) is 12.0. The first kappa shape index (κ1) is 23.7. The van der Waals surface area contributed by atoms with Crippen molar-refractivity contribution in [2.75, 3.05) is 16.4 Å². The van der Waals surface area contributed by atoms with Crippen LogP contribution in [-0.4, -0.2) is 22.1 Å². The van der Waals surface area contributed by atoms with E-state index in [1.54, 1.807) is 0 Å². The Kier molecular flexibility index (Phi) is 7.05. The second-order valence-corrected chi connectivity index (χ2v) is 9.61. The van der Waals surface area contributed by atoms with Gasteiger partial charge in [-0.15, -0.1) is 11.8 Å². The van der Waals surface area contributed by atoms with E-state index in [1.165, 1.54) is 28.2 Å². The lowest BCUT2D eigenvalue weighted by molar-refractivity contribution is -0.115. The highest BCUT2D eigenvalue weighted by Crippen LogP contribution is 2.31. The summed E-state index contributed by atoms with van der Waals surface area (Å²) in [4.78, 5) is 25.9. The standard InChI is InChI=1S/C30H27N3O2S/c1-2-33-27-11-7-6-10-25(27)26-19-23(14-17-28(26)33)32-30(35)20-36-24-15-12-22(13-16-24)31-29(34)18-21-8-4-3-5-9-21/h3-17,19H,2,18,20H2,1H3,(H,31,34)(H,32,35). The third kappa shape index (κ3) is 5.29. The third-order valence-corrected chi connectivity index (χ3v) is 7.10. The van der Waals surface area contributed by atoms with Crippen molar-refractivity contribution >= 4 is 56.8 Å². The zero-order chi connectivity index (χ0) is 24.9. The fraction of sp³-hybridized carbons (Fsp3) is 0.133. The molecule has 180 valence electrons. The lowest BCUT2D eigenvalue weighted by Gasteiger charge is -2.08. The van der Waals surface area contributed by atoms with Gasteiger partial charge >= 0.3 is 0 Å². The summed E-state index contributed by atoms with van der Waals surface area (Å²) >= 11 is 1.46. The summed E-state index contributed by atoms with van der Waals surface area (Å²) in [5, 5.41) is 8.28. The molecule has 0 saturated heterocycles. The summed E-state index contributed by atoms with van der Waals surface area (Å²) in [5.74, 6) is 0.188. The topological polar surface area (TPSA) is 63.1 Å². The zero-order valence-electron chi connectivity index (χ0n) is 20.0. The maximum absolute atomic E-state index is 12.6. The highest BCUT2D eigenvalue weighted by atomic mass is 32.2. The normalized spacial score (nSPS) is 11.0. The molecule has 0 aliphatic heterocycles. The summed E-state index contributed by atoms with van der Waals surface area (Å²) < 4.78 is 2.29. The molecule has 0 aliphatic rings. The number of anilines is 2. The number of benzene rings is 4. The highest BCUT2D eigenvalue weighted by Gasteiger charge is 2.11. The van der Waals surface area contributed by atoms with Crippen LogP contribution in [0, 0.1) is 0 Å². The minimum atomic E-state index is -0.0566. The Bertz CT molecular complexity index is 1530. The lowest BCUT2D eigenvalue weighted by Crippen LogP contribution is -2.14. The number of hydrogen-bond acceptors (Lipinski definition) is 3. The Morgan fingerprint density at radius 1 is 0.722 bits per heavy atom. The van der Waals surface area contributed by atoms with Crippen LogP contribution in [0.5, 0.6) is 0 Å². The first-order valence-corrected chi connectivity index (χ1v) is 13.0. The molecule has 0 spiro atoms. The van der Waals surface area contributed by atoms with Gasteiger partial charge < -0.3 is 15.2 Å². The maximum atomic E-state index is 12.6. The molecule has 0 radical (unpaired) electrons. The van der Waals surface area contributed by atoms with Crippen LogP contribution in [0.4, 0.5) is 11.4 Å². The second kappa shape index (κ2) is 10.7. The number of nitrogens with one attached hydrogen (secondary N) is 2. The Balaban J connectivity index is 1.17. The van der Waals surface area contributed by atoms with E-state index in [-0.39, 0.29) is 11.8 Å². The van der Waals surface area contributed by atoms with Gasteiger partial charge in [-0.25, -0.2) is 0 Å². The molecule has 1 aromatic heterocycles. The number of fused-ring (bicyclic) bond motifs is 3. The Morgan fingerprint density at radius 3 is 2.17 bits per heavy atom. The molecule has 2 amide bonds. The number of aryl methyl sites for hydroxylation is 1. The molecule has 4 aromatic carbocycles. The minimum absolute atomic E-state index is 0.0555. The molecule has 0 unspecified atom stereocenters. The average Bonchev–Trinajstić information content (AvgIpc) is 3.22. The molecule has 5 rings (SSSR count). The smallest absolute Gasteiger partial charge is 0.234 e. The monoisotopic (exact) mass is 493 g/mol. The van der Waals surface area contributed by atoms with Crippen molar-refractivity contribution in [2.45, 2.75) is 24.8 Å². The Hall–Kier alpha value is -4.03. The van der Waals surface area contributed by atoms with Gasteiger partial charge in [-0.05, 0) is 61.0 Å². The van der Waals surface area contributed by atoms with Crippen molar-refractivity contribution in [3.63, 3.8) is 0 Å². The Labute approximate surface area is 214 Å². The molecule has 1 heterocycles. The number of carbonyl (C=O) groups excluding carboxylic acids is 2. The van der Waals surface area contributed by atoms with E-state index in [0.29, 0.717) is 12.2 Å². The SMILES string of the molecule is CCn1c2ccccc2c2cc(NC(=O)CSc3ccc(NC(=O)Cc4ccccc4)cc3)ccc21. The van der Waals surface area contributed by atoms with Crippen molar-refractivity contribution in [1.29, 1.82) is 0 Å². The molecule has 5 nitrogen and oxygen atoms in total. The molecular formula is C30H27N3O2S. The fourth-order valence-corrected chi connectivity index (χ4v) is 5.14. The van der Waals surface area contributed by atoms with Gasteiger partial charge in [-0.2, -0.15) is 0 Å². The first-order chi connectivity index (χ1) is 17.6. The number of aromatic nitrogens is 1. The maximum Gasteiger partial charge on any atom is 0.234 e. The van der Waals surface area contributed by atoms with Gasteiger partial charge in [0.05, 0.1) is 12.2 Å². The quantitative estimate of drug-likeness (QED) is 0.236. The van der Waals surface area contributed by atoms with E-state index in [4.69, 9.17) is 0 Å². The second-order valence-electron chi connectivity index (χ2n) is 8.57. The van der Waals surface area contributed by atoms with E-state index in [2.05, 4.69) is 52.5 Å². The lowest BCUT2D eigenvalue weighted by atomic mass is 10.1. The van der Waals surface area contributed by atoms with E-state index >= 15 is 0 Å². The third-order valence-electron chi connectivity index (χ3n) is 6.09. The highest BCUT2D eigenvalue weighted by molar-refractivity contribution is 8.00. The molecule has 0 fully saturated rings. The van der Waals surface area contributed by atoms with E-state index in [1.807, 2.05) is 66.7 Å². The zero-order valence-corrected chi connectivity index (χ0v) is 20.8.